The van der Waals surface area contributed by atoms with E-state index < -0.39 is 8.07 Å². The van der Waals surface area contributed by atoms with E-state index in [0.29, 0.717) is 11.6 Å². The second kappa shape index (κ2) is 6.46. The van der Waals surface area contributed by atoms with E-state index in [0.717, 1.165) is 6.04 Å². The predicted octanol–water partition coefficient (Wildman–Crippen LogP) is 3.45. The van der Waals surface area contributed by atoms with Crippen LogP contribution in [0, 0.1) is 5.92 Å². The van der Waals surface area contributed by atoms with Gasteiger partial charge in [-0.2, -0.15) is 0 Å². The molecule has 0 rings (SSSR count). The van der Waals surface area contributed by atoms with Crippen LogP contribution in [-0.2, 0) is 9.47 Å². The van der Waals surface area contributed by atoms with Gasteiger partial charge in [0, 0.05) is 7.11 Å². The zero-order valence-electron chi connectivity index (χ0n) is 11.0. The summed E-state index contributed by atoms with van der Waals surface area (Å²) in [7, 11) is 0.289. The molecule has 0 aromatic carbocycles. The molecule has 0 spiro atoms. The smallest absolute Gasteiger partial charge is 0.154 e. The van der Waals surface area contributed by atoms with Crippen LogP contribution in [-0.4, -0.2) is 27.2 Å². The lowest BCUT2D eigenvalue weighted by atomic mass is 10.2. The van der Waals surface area contributed by atoms with Crippen LogP contribution in [0.2, 0.25) is 19.1 Å². The number of hydrogen-bond acceptors (Lipinski definition) is 2. The van der Waals surface area contributed by atoms with Gasteiger partial charge in [-0.15, -0.1) is 6.58 Å². The zero-order chi connectivity index (χ0) is 12.1. The van der Waals surface area contributed by atoms with E-state index in [-0.39, 0.29) is 6.29 Å². The largest absolute Gasteiger partial charge is 0.356 e. The van der Waals surface area contributed by atoms with Crippen molar-refractivity contribution in [2.24, 2.45) is 5.92 Å². The summed E-state index contributed by atoms with van der Waals surface area (Å²) in [5.41, 5.74) is 0.324. The Hall–Kier alpha value is -0.123. The summed E-state index contributed by atoms with van der Waals surface area (Å²) in [5.74, 6) is 0.532. The predicted molar refractivity (Wildman–Crippen MR) is 68.7 cm³/mol. The Morgan fingerprint density at radius 3 is 2.13 bits per heavy atom. The molecule has 0 saturated carbocycles. The summed E-state index contributed by atoms with van der Waals surface area (Å²) in [6, 6.07) is 1.09. The third-order valence-electron chi connectivity index (χ3n) is 2.72. The van der Waals surface area contributed by atoms with Crippen LogP contribution < -0.4 is 0 Å². The molecule has 3 heteroatoms. The van der Waals surface area contributed by atoms with Gasteiger partial charge >= 0.3 is 0 Å². The van der Waals surface area contributed by atoms with Gasteiger partial charge in [0.2, 0.25) is 0 Å². The zero-order valence-corrected chi connectivity index (χ0v) is 12.0. The third-order valence-corrected chi connectivity index (χ3v) is 6.40. The summed E-state index contributed by atoms with van der Waals surface area (Å²) in [5, 5.41) is 0. The first-order valence-electron chi connectivity index (χ1n) is 5.64. The maximum Gasteiger partial charge on any atom is 0.154 e. The van der Waals surface area contributed by atoms with E-state index in [1.807, 2.05) is 13.0 Å². The first-order chi connectivity index (χ1) is 6.85. The SMILES string of the molecule is C=CC[Si](C)(C)C(OC(C)OC)C(C)C. The van der Waals surface area contributed by atoms with Crippen LogP contribution in [0.15, 0.2) is 12.7 Å². The van der Waals surface area contributed by atoms with Crippen molar-refractivity contribution in [2.45, 2.75) is 51.9 Å². The fourth-order valence-electron chi connectivity index (χ4n) is 1.99. The summed E-state index contributed by atoms with van der Waals surface area (Å²) < 4.78 is 11.1. The normalized spacial score (nSPS) is 16.5. The van der Waals surface area contributed by atoms with Crippen LogP contribution >= 0.6 is 0 Å². The molecule has 0 aromatic rings. The Morgan fingerprint density at radius 1 is 1.27 bits per heavy atom. The van der Waals surface area contributed by atoms with Crippen molar-refractivity contribution in [1.82, 2.24) is 0 Å². The molecular formula is C12H26O2Si. The van der Waals surface area contributed by atoms with E-state index in [2.05, 4.69) is 33.5 Å². The number of allylic oxidation sites excluding steroid dienone is 1. The fourth-order valence-corrected chi connectivity index (χ4v) is 5.33. The van der Waals surface area contributed by atoms with Crippen molar-refractivity contribution >= 4 is 8.07 Å². The fraction of sp³-hybridized carbons (Fsp3) is 0.833. The van der Waals surface area contributed by atoms with Crippen LogP contribution in [0.3, 0.4) is 0 Å². The molecule has 2 unspecified atom stereocenters. The number of rotatable bonds is 7. The number of hydrogen-bond donors (Lipinski definition) is 0. The molecule has 2 atom stereocenters. The molecule has 0 saturated heterocycles. The maximum atomic E-state index is 5.97. The lowest BCUT2D eigenvalue weighted by Crippen LogP contribution is -2.48. The number of ether oxygens (including phenoxy) is 2. The minimum absolute atomic E-state index is 0.117. The lowest BCUT2D eigenvalue weighted by molar-refractivity contribution is -0.134. The molecule has 0 bridgehead atoms. The third kappa shape index (κ3) is 4.95. The van der Waals surface area contributed by atoms with Crippen molar-refractivity contribution in [1.29, 1.82) is 0 Å². The van der Waals surface area contributed by atoms with E-state index in [1.54, 1.807) is 7.11 Å². The van der Waals surface area contributed by atoms with Crippen molar-refractivity contribution in [3.05, 3.63) is 12.7 Å². The molecule has 0 radical (unpaired) electrons. The molecule has 0 fully saturated rings. The monoisotopic (exact) mass is 230 g/mol. The van der Waals surface area contributed by atoms with Crippen LogP contribution in [0.5, 0.6) is 0 Å². The highest BCUT2D eigenvalue weighted by atomic mass is 28.3. The summed E-state index contributed by atoms with van der Waals surface area (Å²) in [4.78, 5) is 0. The first kappa shape index (κ1) is 14.9. The van der Waals surface area contributed by atoms with Gasteiger partial charge in [-0.1, -0.05) is 33.0 Å². The first-order valence-corrected chi connectivity index (χ1v) is 8.92. The highest BCUT2D eigenvalue weighted by molar-refractivity contribution is 6.79. The second-order valence-corrected chi connectivity index (χ2v) is 10.0. The Balaban J connectivity index is 4.57. The summed E-state index contributed by atoms with van der Waals surface area (Å²) in [6.07, 6.45) is 1.90. The van der Waals surface area contributed by atoms with E-state index in [9.17, 15) is 0 Å². The molecule has 0 heterocycles. The molecular weight excluding hydrogens is 204 g/mol. The molecule has 0 amide bonds. The number of methoxy groups -OCH3 is 1. The average Bonchev–Trinajstić information content (AvgIpc) is 2.12. The Morgan fingerprint density at radius 2 is 1.80 bits per heavy atom. The van der Waals surface area contributed by atoms with Gasteiger partial charge in [0.1, 0.15) is 0 Å². The minimum atomic E-state index is -1.40. The average molecular weight is 230 g/mol. The molecule has 0 aliphatic rings. The minimum Gasteiger partial charge on any atom is -0.356 e. The summed E-state index contributed by atoms with van der Waals surface area (Å²) >= 11 is 0. The highest BCUT2D eigenvalue weighted by Crippen LogP contribution is 2.25. The lowest BCUT2D eigenvalue weighted by Gasteiger charge is -2.36. The Labute approximate surface area is 95.7 Å². The van der Waals surface area contributed by atoms with Crippen LogP contribution in [0.25, 0.3) is 0 Å². The Kier molecular flexibility index (Phi) is 6.40. The van der Waals surface area contributed by atoms with Gasteiger partial charge < -0.3 is 9.47 Å². The molecule has 0 aliphatic carbocycles. The quantitative estimate of drug-likeness (QED) is 0.379. The van der Waals surface area contributed by atoms with Crippen molar-refractivity contribution in [3.63, 3.8) is 0 Å². The van der Waals surface area contributed by atoms with Gasteiger partial charge in [-0.05, 0) is 18.9 Å². The van der Waals surface area contributed by atoms with Crippen molar-refractivity contribution < 1.29 is 9.47 Å². The Bertz CT molecular complexity index is 190. The highest BCUT2D eigenvalue weighted by Gasteiger charge is 2.34. The molecule has 15 heavy (non-hydrogen) atoms. The van der Waals surface area contributed by atoms with Gasteiger partial charge in [-0.25, -0.2) is 0 Å². The molecule has 0 N–H and O–H groups in total. The van der Waals surface area contributed by atoms with E-state index >= 15 is 0 Å². The maximum absolute atomic E-state index is 5.97. The topological polar surface area (TPSA) is 18.5 Å². The van der Waals surface area contributed by atoms with E-state index in [1.165, 1.54) is 0 Å². The van der Waals surface area contributed by atoms with Gasteiger partial charge in [-0.3, -0.25) is 0 Å². The van der Waals surface area contributed by atoms with E-state index in [4.69, 9.17) is 9.47 Å². The summed E-state index contributed by atoms with van der Waals surface area (Å²) in [6.45, 7) is 14.9. The van der Waals surface area contributed by atoms with Gasteiger partial charge in [0.15, 0.2) is 6.29 Å². The second-order valence-electron chi connectivity index (χ2n) is 5.09. The molecule has 90 valence electrons. The van der Waals surface area contributed by atoms with Gasteiger partial charge in [0.25, 0.3) is 0 Å². The molecule has 2 nitrogen and oxygen atoms in total. The van der Waals surface area contributed by atoms with Crippen LogP contribution in [0.4, 0.5) is 0 Å². The van der Waals surface area contributed by atoms with Crippen molar-refractivity contribution in [2.75, 3.05) is 7.11 Å². The van der Waals surface area contributed by atoms with Crippen molar-refractivity contribution in [3.8, 4) is 0 Å². The molecule has 0 aromatic heterocycles. The van der Waals surface area contributed by atoms with Gasteiger partial charge in [0.05, 0.1) is 13.8 Å². The standard InChI is InChI=1S/C12H26O2Si/c1-8-9-15(6,7)12(10(2)3)14-11(4)13-5/h8,10-12H,1,9H2,2-7H3. The van der Waals surface area contributed by atoms with Crippen LogP contribution in [0.1, 0.15) is 20.8 Å². The molecule has 0 aliphatic heterocycles.